The summed E-state index contributed by atoms with van der Waals surface area (Å²) in [6.07, 6.45) is -0.736. The number of hydrogen-bond acceptors (Lipinski definition) is 7. The Morgan fingerprint density at radius 3 is 2.43 bits per heavy atom. The van der Waals surface area contributed by atoms with E-state index < -0.39 is 16.1 Å². The molecule has 0 aliphatic carbocycles. The summed E-state index contributed by atoms with van der Waals surface area (Å²) in [5.41, 5.74) is 0.336. The van der Waals surface area contributed by atoms with Gasteiger partial charge < -0.3 is 18.9 Å². The van der Waals surface area contributed by atoms with Crippen molar-refractivity contribution in [1.82, 2.24) is 14.4 Å². The van der Waals surface area contributed by atoms with E-state index in [0.29, 0.717) is 17.2 Å². The summed E-state index contributed by atoms with van der Waals surface area (Å²) in [6.45, 7) is 4.26. The lowest BCUT2D eigenvalue weighted by Gasteiger charge is -2.36. The molecule has 1 amide bonds. The average Bonchev–Trinajstić information content (AvgIpc) is 3.06. The molecule has 0 unspecified atom stereocenters. The molecule has 3 heterocycles. The fourth-order valence-electron chi connectivity index (χ4n) is 3.47. The quantitative estimate of drug-likeness (QED) is 0.747. The summed E-state index contributed by atoms with van der Waals surface area (Å²) in [6, 6.07) is 7.19. The topological polar surface area (TPSA) is 102 Å². The standard InChI is InChI=1S/C18H21N3O6S/c1-12-17(13(2)27-19-12)28(23,24)21-9-7-20(8-10-21)18(22)16-11-25-14-5-3-4-6-15(14)26-16/h3-6,16H,7-11H2,1-2H3/t16-/m0/s1. The molecule has 9 nitrogen and oxygen atoms in total. The van der Waals surface area contributed by atoms with E-state index >= 15 is 0 Å². The third-order valence-corrected chi connectivity index (χ3v) is 7.04. The lowest BCUT2D eigenvalue weighted by Crippen LogP contribution is -2.55. The van der Waals surface area contributed by atoms with Crippen LogP contribution in [0.3, 0.4) is 0 Å². The van der Waals surface area contributed by atoms with Crippen molar-refractivity contribution in [2.75, 3.05) is 32.8 Å². The van der Waals surface area contributed by atoms with Crippen molar-refractivity contribution in [1.29, 1.82) is 0 Å². The third kappa shape index (κ3) is 3.22. The molecule has 28 heavy (non-hydrogen) atoms. The maximum atomic E-state index is 12.9. The molecule has 0 N–H and O–H groups in total. The summed E-state index contributed by atoms with van der Waals surface area (Å²) in [4.78, 5) is 14.5. The number of nitrogens with zero attached hydrogens (tertiary/aromatic N) is 3. The molecule has 2 aromatic rings. The smallest absolute Gasteiger partial charge is 0.267 e. The molecule has 0 saturated carbocycles. The minimum Gasteiger partial charge on any atom is -0.485 e. The van der Waals surface area contributed by atoms with Crippen LogP contribution in [0.1, 0.15) is 11.5 Å². The predicted molar refractivity (Wildman–Crippen MR) is 97.7 cm³/mol. The van der Waals surface area contributed by atoms with Crippen LogP contribution >= 0.6 is 0 Å². The van der Waals surface area contributed by atoms with Crippen molar-refractivity contribution in [2.24, 2.45) is 0 Å². The second-order valence-corrected chi connectivity index (χ2v) is 8.62. The highest BCUT2D eigenvalue weighted by Gasteiger charge is 2.37. The number of para-hydroxylation sites is 2. The van der Waals surface area contributed by atoms with Crippen LogP contribution in [-0.2, 0) is 14.8 Å². The summed E-state index contributed by atoms with van der Waals surface area (Å²) < 4.78 is 43.5. The number of amides is 1. The normalized spacial score (nSPS) is 20.2. The maximum Gasteiger partial charge on any atom is 0.267 e. The van der Waals surface area contributed by atoms with E-state index in [1.165, 1.54) is 4.31 Å². The molecule has 150 valence electrons. The summed E-state index contributed by atoms with van der Waals surface area (Å²) in [5.74, 6) is 1.21. The average molecular weight is 407 g/mol. The highest BCUT2D eigenvalue weighted by Crippen LogP contribution is 2.31. The Labute approximate surface area is 162 Å². The number of fused-ring (bicyclic) bond motifs is 1. The van der Waals surface area contributed by atoms with Crippen LogP contribution in [-0.4, -0.2) is 67.6 Å². The van der Waals surface area contributed by atoms with Gasteiger partial charge in [-0.1, -0.05) is 17.3 Å². The molecular formula is C18H21N3O6S. The maximum absolute atomic E-state index is 12.9. The molecule has 1 fully saturated rings. The zero-order valence-corrected chi connectivity index (χ0v) is 16.4. The number of rotatable bonds is 3. The zero-order chi connectivity index (χ0) is 19.9. The molecule has 1 atom stereocenters. The van der Waals surface area contributed by atoms with Gasteiger partial charge >= 0.3 is 0 Å². The lowest BCUT2D eigenvalue weighted by molar-refractivity contribution is -0.142. The van der Waals surface area contributed by atoms with Gasteiger partial charge in [0.25, 0.3) is 5.91 Å². The number of aromatic nitrogens is 1. The molecule has 2 aliphatic rings. The summed E-state index contributed by atoms with van der Waals surface area (Å²) >= 11 is 0. The first-order valence-electron chi connectivity index (χ1n) is 8.98. The number of carbonyl (C=O) groups is 1. The van der Waals surface area contributed by atoms with Gasteiger partial charge in [0.1, 0.15) is 17.2 Å². The predicted octanol–water partition coefficient (Wildman–Crippen LogP) is 0.964. The van der Waals surface area contributed by atoms with Crippen molar-refractivity contribution >= 4 is 15.9 Å². The Morgan fingerprint density at radius 1 is 1.11 bits per heavy atom. The fourth-order valence-corrected chi connectivity index (χ4v) is 5.18. The van der Waals surface area contributed by atoms with Gasteiger partial charge in [-0.2, -0.15) is 4.31 Å². The van der Waals surface area contributed by atoms with Gasteiger partial charge in [-0.3, -0.25) is 4.79 Å². The molecule has 0 spiro atoms. The van der Waals surface area contributed by atoms with Gasteiger partial charge in [0.2, 0.25) is 16.1 Å². The monoisotopic (exact) mass is 407 g/mol. The van der Waals surface area contributed by atoms with Crippen molar-refractivity contribution in [3.05, 3.63) is 35.7 Å². The van der Waals surface area contributed by atoms with Crippen molar-refractivity contribution in [2.45, 2.75) is 24.8 Å². The number of aryl methyl sites for hydroxylation is 2. The number of ether oxygens (including phenoxy) is 2. The zero-order valence-electron chi connectivity index (χ0n) is 15.6. The Kier molecular flexibility index (Phi) is 4.76. The van der Waals surface area contributed by atoms with E-state index in [9.17, 15) is 13.2 Å². The van der Waals surface area contributed by atoms with E-state index in [2.05, 4.69) is 5.16 Å². The molecule has 1 aromatic heterocycles. The minimum atomic E-state index is -3.71. The lowest BCUT2D eigenvalue weighted by atomic mass is 10.2. The number of piperazine rings is 1. The number of hydrogen-bond donors (Lipinski definition) is 0. The molecule has 2 aliphatic heterocycles. The Bertz CT molecular complexity index is 975. The summed E-state index contributed by atoms with van der Waals surface area (Å²) in [5, 5.41) is 3.72. The van der Waals surface area contributed by atoms with Gasteiger partial charge in [0.05, 0.1) is 0 Å². The van der Waals surface area contributed by atoms with Crippen LogP contribution in [0.15, 0.2) is 33.7 Å². The molecule has 10 heteroatoms. The minimum absolute atomic E-state index is 0.105. The first-order chi connectivity index (χ1) is 13.4. The van der Waals surface area contributed by atoms with Crippen LogP contribution in [0.2, 0.25) is 0 Å². The van der Waals surface area contributed by atoms with Crippen LogP contribution in [0.4, 0.5) is 0 Å². The molecule has 0 bridgehead atoms. The molecule has 0 radical (unpaired) electrons. The van der Waals surface area contributed by atoms with Gasteiger partial charge in [-0.05, 0) is 26.0 Å². The van der Waals surface area contributed by atoms with E-state index in [-0.39, 0.29) is 49.3 Å². The van der Waals surface area contributed by atoms with Gasteiger partial charge in [-0.25, -0.2) is 8.42 Å². The van der Waals surface area contributed by atoms with E-state index in [4.69, 9.17) is 14.0 Å². The second-order valence-electron chi connectivity index (χ2n) is 6.75. The van der Waals surface area contributed by atoms with E-state index in [0.717, 1.165) is 0 Å². The fraction of sp³-hybridized carbons (Fsp3) is 0.444. The van der Waals surface area contributed by atoms with Crippen LogP contribution in [0.25, 0.3) is 0 Å². The van der Waals surface area contributed by atoms with Gasteiger partial charge in [0, 0.05) is 26.2 Å². The van der Waals surface area contributed by atoms with E-state index in [1.807, 2.05) is 12.1 Å². The molecular weight excluding hydrogens is 386 g/mol. The van der Waals surface area contributed by atoms with E-state index in [1.54, 1.807) is 30.9 Å². The third-order valence-electron chi connectivity index (χ3n) is 4.90. The Balaban J connectivity index is 1.41. The largest absolute Gasteiger partial charge is 0.485 e. The number of sulfonamides is 1. The molecule has 1 saturated heterocycles. The van der Waals surface area contributed by atoms with Crippen LogP contribution in [0.5, 0.6) is 11.5 Å². The summed E-state index contributed by atoms with van der Waals surface area (Å²) in [7, 11) is -3.71. The SMILES string of the molecule is Cc1noc(C)c1S(=O)(=O)N1CCN(C(=O)[C@@H]2COc3ccccc3O2)CC1. The number of carbonyl (C=O) groups excluding carboxylic acids is 1. The molecule has 4 rings (SSSR count). The molecule has 1 aromatic carbocycles. The van der Waals surface area contributed by atoms with Gasteiger partial charge in [-0.15, -0.1) is 0 Å². The number of benzene rings is 1. The van der Waals surface area contributed by atoms with Gasteiger partial charge in [0.15, 0.2) is 17.3 Å². The van der Waals surface area contributed by atoms with Crippen molar-refractivity contribution in [3.8, 4) is 11.5 Å². The Morgan fingerprint density at radius 2 is 1.79 bits per heavy atom. The Hall–Kier alpha value is -2.59. The first-order valence-corrected chi connectivity index (χ1v) is 10.4. The van der Waals surface area contributed by atoms with Crippen LogP contribution < -0.4 is 9.47 Å². The van der Waals surface area contributed by atoms with Crippen LogP contribution in [0, 0.1) is 13.8 Å². The van der Waals surface area contributed by atoms with Crippen molar-refractivity contribution in [3.63, 3.8) is 0 Å². The second kappa shape index (κ2) is 7.10. The highest BCUT2D eigenvalue weighted by molar-refractivity contribution is 7.89. The van der Waals surface area contributed by atoms with Crippen molar-refractivity contribution < 1.29 is 27.2 Å². The highest BCUT2D eigenvalue weighted by atomic mass is 32.2. The first kappa shape index (κ1) is 18.8.